The Morgan fingerprint density at radius 3 is 2.76 bits per heavy atom. The number of ether oxygens (including phenoxy) is 1. The largest absolute Gasteiger partial charge is 0.468 e. The lowest BCUT2D eigenvalue weighted by Gasteiger charge is -2.03. The Balaban J connectivity index is 1.73. The van der Waals surface area contributed by atoms with E-state index in [2.05, 4.69) is 20.3 Å². The molecule has 2 rings (SSSR count). The van der Waals surface area contributed by atoms with Crippen LogP contribution in [0.4, 0.5) is 5.13 Å². The molecule has 0 fully saturated rings. The van der Waals surface area contributed by atoms with Gasteiger partial charge in [0.2, 0.25) is 11.0 Å². The number of amides is 1. The quantitative estimate of drug-likeness (QED) is 0.379. The van der Waals surface area contributed by atoms with Gasteiger partial charge in [-0.2, -0.15) is 0 Å². The van der Waals surface area contributed by atoms with Crippen LogP contribution in [0.2, 0.25) is 10.0 Å². The van der Waals surface area contributed by atoms with Crippen LogP contribution >= 0.6 is 58.1 Å². The van der Waals surface area contributed by atoms with Gasteiger partial charge >= 0.3 is 5.97 Å². The van der Waals surface area contributed by atoms with Gasteiger partial charge in [-0.05, 0) is 17.7 Å². The molecule has 0 radical (unpaired) electrons. The van der Waals surface area contributed by atoms with E-state index in [0.717, 1.165) is 5.56 Å². The molecule has 1 amide bonds. The minimum Gasteiger partial charge on any atom is -0.468 e. The minimum atomic E-state index is -0.343. The lowest BCUT2D eigenvalue weighted by Crippen LogP contribution is -2.13. The first-order chi connectivity index (χ1) is 12.0. The third-order valence-electron chi connectivity index (χ3n) is 2.68. The normalized spacial score (nSPS) is 10.5. The van der Waals surface area contributed by atoms with Gasteiger partial charge in [-0.3, -0.25) is 14.9 Å². The zero-order valence-electron chi connectivity index (χ0n) is 13.0. The predicted octanol–water partition coefficient (Wildman–Crippen LogP) is 3.98. The van der Waals surface area contributed by atoms with Crippen LogP contribution in [0.1, 0.15) is 5.56 Å². The Bertz CT molecular complexity index is 758. The Morgan fingerprint density at radius 2 is 2.04 bits per heavy atom. The van der Waals surface area contributed by atoms with Crippen LogP contribution in [-0.4, -0.2) is 40.7 Å². The van der Waals surface area contributed by atoms with Gasteiger partial charge in [-0.25, -0.2) is 0 Å². The summed E-state index contributed by atoms with van der Waals surface area (Å²) in [5.74, 6) is 0.541. The summed E-state index contributed by atoms with van der Waals surface area (Å²) >= 11 is 15.7. The molecule has 6 nitrogen and oxygen atoms in total. The third-order valence-corrected chi connectivity index (χ3v) is 6.37. The van der Waals surface area contributed by atoms with Gasteiger partial charge in [0, 0.05) is 5.75 Å². The number of thioether (sulfide) groups is 2. The molecular formula is C14H13Cl2N3O3S3. The van der Waals surface area contributed by atoms with Crippen LogP contribution in [-0.2, 0) is 20.1 Å². The number of esters is 1. The lowest BCUT2D eigenvalue weighted by atomic mass is 10.2. The van der Waals surface area contributed by atoms with Gasteiger partial charge < -0.3 is 4.74 Å². The second-order valence-corrected chi connectivity index (χ2v) is 8.53. The van der Waals surface area contributed by atoms with E-state index in [4.69, 9.17) is 23.2 Å². The lowest BCUT2D eigenvalue weighted by molar-refractivity contribution is -0.137. The molecule has 0 atom stereocenters. The molecule has 134 valence electrons. The van der Waals surface area contributed by atoms with Crippen molar-refractivity contribution < 1.29 is 14.3 Å². The van der Waals surface area contributed by atoms with E-state index in [9.17, 15) is 9.59 Å². The van der Waals surface area contributed by atoms with Gasteiger partial charge in [0.15, 0.2) is 4.34 Å². The number of rotatable bonds is 8. The Hall–Kier alpha value is -1.000. The second-order valence-electron chi connectivity index (χ2n) is 4.53. The summed E-state index contributed by atoms with van der Waals surface area (Å²) in [5.41, 5.74) is 0.990. The summed E-state index contributed by atoms with van der Waals surface area (Å²) in [5, 5.41) is 11.8. The van der Waals surface area contributed by atoms with Crippen molar-refractivity contribution in [2.45, 2.75) is 10.1 Å². The molecule has 1 aromatic heterocycles. The number of hydrogen-bond donors (Lipinski definition) is 1. The molecule has 2 aromatic rings. The molecule has 0 spiro atoms. The molecule has 0 unspecified atom stereocenters. The van der Waals surface area contributed by atoms with Crippen molar-refractivity contribution in [2.75, 3.05) is 23.9 Å². The van der Waals surface area contributed by atoms with Crippen LogP contribution < -0.4 is 5.32 Å². The van der Waals surface area contributed by atoms with E-state index >= 15 is 0 Å². The SMILES string of the molecule is COC(=O)CSc1nnc(NC(=O)CSCc2ccc(Cl)c(Cl)c2)s1. The first-order valence-electron chi connectivity index (χ1n) is 6.82. The van der Waals surface area contributed by atoms with E-state index in [-0.39, 0.29) is 23.4 Å². The monoisotopic (exact) mass is 437 g/mol. The van der Waals surface area contributed by atoms with Gasteiger partial charge in [-0.15, -0.1) is 22.0 Å². The first kappa shape index (κ1) is 20.3. The maximum absolute atomic E-state index is 11.9. The third kappa shape index (κ3) is 7.02. The van der Waals surface area contributed by atoms with Crippen LogP contribution in [0.3, 0.4) is 0 Å². The van der Waals surface area contributed by atoms with Crippen molar-refractivity contribution in [3.8, 4) is 0 Å². The molecule has 0 saturated heterocycles. The smallest absolute Gasteiger partial charge is 0.316 e. The molecule has 1 N–H and O–H groups in total. The maximum atomic E-state index is 11.9. The van der Waals surface area contributed by atoms with Crippen molar-refractivity contribution in [1.29, 1.82) is 0 Å². The number of anilines is 1. The van der Waals surface area contributed by atoms with E-state index in [1.165, 1.54) is 42.0 Å². The van der Waals surface area contributed by atoms with Crippen molar-refractivity contribution in [1.82, 2.24) is 10.2 Å². The van der Waals surface area contributed by atoms with Gasteiger partial charge in [0.05, 0.1) is 28.7 Å². The highest BCUT2D eigenvalue weighted by Crippen LogP contribution is 2.26. The fraction of sp³-hybridized carbons (Fsp3) is 0.286. The number of halogens is 2. The van der Waals surface area contributed by atoms with Gasteiger partial charge in [0.1, 0.15) is 0 Å². The number of hydrogen-bond acceptors (Lipinski definition) is 8. The predicted molar refractivity (Wildman–Crippen MR) is 104 cm³/mol. The van der Waals surface area contributed by atoms with Crippen molar-refractivity contribution in [3.63, 3.8) is 0 Å². The molecule has 25 heavy (non-hydrogen) atoms. The summed E-state index contributed by atoms with van der Waals surface area (Å²) in [6.45, 7) is 0. The standard InChI is InChI=1S/C14H13Cl2N3O3S3/c1-22-12(21)7-24-14-19-18-13(25-14)17-11(20)6-23-5-8-2-3-9(15)10(16)4-8/h2-4H,5-7H2,1H3,(H,17,18,20). The number of nitrogens with one attached hydrogen (secondary N) is 1. The van der Waals surface area contributed by atoms with Gasteiger partial charge in [0.25, 0.3) is 0 Å². The molecule has 0 saturated carbocycles. The number of carbonyl (C=O) groups is 2. The van der Waals surface area contributed by atoms with E-state index in [1.807, 2.05) is 6.07 Å². The Labute approximate surface area is 167 Å². The zero-order valence-corrected chi connectivity index (χ0v) is 16.9. The van der Waals surface area contributed by atoms with Crippen LogP contribution in [0.25, 0.3) is 0 Å². The summed E-state index contributed by atoms with van der Waals surface area (Å²) in [4.78, 5) is 23.0. The van der Waals surface area contributed by atoms with Crippen molar-refractivity contribution in [2.24, 2.45) is 0 Å². The maximum Gasteiger partial charge on any atom is 0.316 e. The fourth-order valence-corrected chi connectivity index (χ4v) is 4.24. The van der Waals surface area contributed by atoms with Crippen molar-refractivity contribution >= 4 is 75.1 Å². The number of carbonyl (C=O) groups excluding carboxylic acids is 2. The van der Waals surface area contributed by atoms with E-state index in [1.54, 1.807) is 12.1 Å². The zero-order chi connectivity index (χ0) is 18.2. The van der Waals surface area contributed by atoms with E-state index in [0.29, 0.717) is 25.3 Å². The average molecular weight is 438 g/mol. The molecule has 11 heteroatoms. The topological polar surface area (TPSA) is 81.2 Å². The molecule has 0 aliphatic carbocycles. The highest BCUT2D eigenvalue weighted by molar-refractivity contribution is 8.01. The Kier molecular flexibility index (Phi) is 8.31. The van der Waals surface area contributed by atoms with Gasteiger partial charge in [-0.1, -0.05) is 52.4 Å². The number of methoxy groups -OCH3 is 1. The molecule has 0 aliphatic heterocycles. The van der Waals surface area contributed by atoms with Crippen molar-refractivity contribution in [3.05, 3.63) is 33.8 Å². The highest BCUT2D eigenvalue weighted by Gasteiger charge is 2.11. The van der Waals surface area contributed by atoms with Crippen LogP contribution in [0.15, 0.2) is 22.5 Å². The molecule has 1 heterocycles. The summed E-state index contributed by atoms with van der Waals surface area (Å²) in [6.07, 6.45) is 0. The minimum absolute atomic E-state index is 0.151. The molecular weight excluding hydrogens is 425 g/mol. The summed E-state index contributed by atoms with van der Waals surface area (Å²) < 4.78 is 5.13. The molecule has 0 bridgehead atoms. The number of benzene rings is 1. The fourth-order valence-electron chi connectivity index (χ4n) is 1.54. The second kappa shape index (κ2) is 10.2. The number of aromatic nitrogens is 2. The van der Waals surface area contributed by atoms with E-state index < -0.39 is 0 Å². The van der Waals surface area contributed by atoms with Crippen LogP contribution in [0.5, 0.6) is 0 Å². The summed E-state index contributed by atoms with van der Waals surface area (Å²) in [7, 11) is 1.32. The first-order valence-corrected chi connectivity index (χ1v) is 10.5. The number of nitrogens with zero attached hydrogens (tertiary/aromatic N) is 2. The van der Waals surface area contributed by atoms with Crippen LogP contribution in [0, 0.1) is 0 Å². The molecule has 1 aromatic carbocycles. The summed E-state index contributed by atoms with van der Waals surface area (Å²) in [6, 6.07) is 5.38. The average Bonchev–Trinajstić information content (AvgIpc) is 3.03. The Morgan fingerprint density at radius 1 is 1.24 bits per heavy atom. The highest BCUT2D eigenvalue weighted by atomic mass is 35.5. The molecule has 0 aliphatic rings.